The van der Waals surface area contributed by atoms with Gasteiger partial charge in [-0.25, -0.2) is 0 Å². The van der Waals surface area contributed by atoms with Crippen molar-refractivity contribution in [3.05, 3.63) is 66.7 Å². The SMILES string of the molecule is O=C(CNc1cccc2ccccc12)Nc1ccc(OCC2CCCO2)cc1. The molecule has 0 radical (unpaired) electrons. The highest BCUT2D eigenvalue weighted by atomic mass is 16.5. The molecule has 5 nitrogen and oxygen atoms in total. The first-order valence-electron chi connectivity index (χ1n) is 9.64. The molecular weight excluding hydrogens is 352 g/mol. The van der Waals surface area contributed by atoms with Crippen LogP contribution in [0.15, 0.2) is 66.7 Å². The number of hydrogen-bond donors (Lipinski definition) is 2. The van der Waals surface area contributed by atoms with Crippen molar-refractivity contribution >= 4 is 28.1 Å². The first kappa shape index (κ1) is 18.3. The van der Waals surface area contributed by atoms with Crippen LogP contribution in [-0.4, -0.2) is 31.8 Å². The second-order valence-electron chi connectivity index (χ2n) is 6.90. The molecule has 0 aliphatic carbocycles. The fourth-order valence-corrected chi connectivity index (χ4v) is 3.36. The van der Waals surface area contributed by atoms with E-state index in [0.717, 1.165) is 47.3 Å². The fraction of sp³-hybridized carbons (Fsp3) is 0.261. The van der Waals surface area contributed by atoms with Crippen molar-refractivity contribution in [1.82, 2.24) is 0 Å². The molecule has 1 unspecified atom stereocenters. The Morgan fingerprint density at radius 2 is 1.86 bits per heavy atom. The van der Waals surface area contributed by atoms with E-state index in [2.05, 4.69) is 22.8 Å². The van der Waals surface area contributed by atoms with E-state index in [1.165, 1.54) is 0 Å². The van der Waals surface area contributed by atoms with Crippen LogP contribution in [0.3, 0.4) is 0 Å². The predicted octanol–water partition coefficient (Wildman–Crippen LogP) is 4.45. The van der Waals surface area contributed by atoms with Gasteiger partial charge >= 0.3 is 0 Å². The van der Waals surface area contributed by atoms with E-state index >= 15 is 0 Å². The van der Waals surface area contributed by atoms with Crippen LogP contribution in [0.1, 0.15) is 12.8 Å². The van der Waals surface area contributed by atoms with E-state index in [-0.39, 0.29) is 18.6 Å². The maximum absolute atomic E-state index is 12.3. The lowest BCUT2D eigenvalue weighted by molar-refractivity contribution is -0.114. The zero-order valence-corrected chi connectivity index (χ0v) is 15.7. The molecule has 1 saturated heterocycles. The monoisotopic (exact) mass is 376 g/mol. The third kappa shape index (κ3) is 4.61. The van der Waals surface area contributed by atoms with Crippen LogP contribution in [0.25, 0.3) is 10.8 Å². The molecule has 0 saturated carbocycles. The summed E-state index contributed by atoms with van der Waals surface area (Å²) < 4.78 is 11.3. The van der Waals surface area contributed by atoms with Gasteiger partial charge in [-0.1, -0.05) is 36.4 Å². The van der Waals surface area contributed by atoms with E-state index in [1.54, 1.807) is 0 Å². The summed E-state index contributed by atoms with van der Waals surface area (Å²) in [4.78, 5) is 12.3. The Bertz CT molecular complexity index is 929. The number of carbonyl (C=O) groups is 1. The first-order valence-corrected chi connectivity index (χ1v) is 9.64. The van der Waals surface area contributed by atoms with Gasteiger partial charge < -0.3 is 20.1 Å². The number of nitrogens with one attached hydrogen (secondary N) is 2. The maximum atomic E-state index is 12.3. The summed E-state index contributed by atoms with van der Waals surface area (Å²) in [7, 11) is 0. The second kappa shape index (κ2) is 8.76. The molecule has 0 bridgehead atoms. The summed E-state index contributed by atoms with van der Waals surface area (Å²) in [6, 6.07) is 21.6. The molecule has 1 aliphatic rings. The van der Waals surface area contributed by atoms with Gasteiger partial charge in [-0.15, -0.1) is 0 Å². The second-order valence-corrected chi connectivity index (χ2v) is 6.90. The Morgan fingerprint density at radius 3 is 2.68 bits per heavy atom. The van der Waals surface area contributed by atoms with Crippen molar-refractivity contribution in [3.63, 3.8) is 0 Å². The Hall–Kier alpha value is -3.05. The van der Waals surface area contributed by atoms with Crippen LogP contribution < -0.4 is 15.4 Å². The van der Waals surface area contributed by atoms with E-state index < -0.39 is 0 Å². The lowest BCUT2D eigenvalue weighted by atomic mass is 10.1. The number of anilines is 2. The van der Waals surface area contributed by atoms with Gasteiger partial charge in [0.2, 0.25) is 5.91 Å². The molecular formula is C23H24N2O3. The average Bonchev–Trinajstić information content (AvgIpc) is 3.25. The molecule has 28 heavy (non-hydrogen) atoms. The Labute approximate surface area is 164 Å². The molecule has 1 heterocycles. The van der Waals surface area contributed by atoms with Gasteiger partial charge in [0.05, 0.1) is 12.6 Å². The minimum absolute atomic E-state index is 0.0963. The van der Waals surface area contributed by atoms with E-state index in [1.807, 2.05) is 54.6 Å². The number of carbonyl (C=O) groups excluding carboxylic acids is 1. The third-order valence-corrected chi connectivity index (χ3v) is 4.83. The van der Waals surface area contributed by atoms with Gasteiger partial charge in [-0.05, 0) is 48.6 Å². The number of hydrogen-bond acceptors (Lipinski definition) is 4. The van der Waals surface area contributed by atoms with Crippen LogP contribution in [0.5, 0.6) is 5.75 Å². The summed E-state index contributed by atoms with van der Waals surface area (Å²) in [6.07, 6.45) is 2.35. The zero-order valence-electron chi connectivity index (χ0n) is 15.7. The molecule has 1 amide bonds. The van der Waals surface area contributed by atoms with Gasteiger partial charge in [0.15, 0.2) is 0 Å². The molecule has 5 heteroatoms. The number of fused-ring (bicyclic) bond motifs is 1. The number of benzene rings is 3. The van der Waals surface area contributed by atoms with Gasteiger partial charge in [0.1, 0.15) is 12.4 Å². The van der Waals surface area contributed by atoms with Gasteiger partial charge in [0.25, 0.3) is 0 Å². The smallest absolute Gasteiger partial charge is 0.243 e. The molecule has 1 atom stereocenters. The topological polar surface area (TPSA) is 59.6 Å². The molecule has 3 aromatic carbocycles. The third-order valence-electron chi connectivity index (χ3n) is 4.83. The van der Waals surface area contributed by atoms with Crippen molar-refractivity contribution < 1.29 is 14.3 Å². The van der Waals surface area contributed by atoms with Gasteiger partial charge in [-0.3, -0.25) is 4.79 Å². The molecule has 144 valence electrons. The van der Waals surface area contributed by atoms with Crippen molar-refractivity contribution in [2.24, 2.45) is 0 Å². The highest BCUT2D eigenvalue weighted by Crippen LogP contribution is 2.23. The standard InChI is InChI=1S/C23H24N2O3/c26-23(15-24-22-9-3-6-17-5-1-2-8-21(17)22)25-18-10-12-19(13-11-18)28-16-20-7-4-14-27-20/h1-3,5-6,8-13,20,24H,4,7,14-16H2,(H,25,26). The zero-order chi connectivity index (χ0) is 19.2. The maximum Gasteiger partial charge on any atom is 0.243 e. The van der Waals surface area contributed by atoms with Gasteiger partial charge in [0, 0.05) is 23.4 Å². The minimum atomic E-state index is -0.0963. The molecule has 1 aliphatic heterocycles. The molecule has 0 aromatic heterocycles. The highest BCUT2D eigenvalue weighted by molar-refractivity contribution is 5.97. The minimum Gasteiger partial charge on any atom is -0.491 e. The normalized spacial score (nSPS) is 16.1. The summed E-state index contributed by atoms with van der Waals surface area (Å²) in [5, 5.41) is 8.37. The highest BCUT2D eigenvalue weighted by Gasteiger charge is 2.15. The van der Waals surface area contributed by atoms with Crippen LogP contribution in [-0.2, 0) is 9.53 Å². The van der Waals surface area contributed by atoms with Crippen LogP contribution in [0, 0.1) is 0 Å². The molecule has 4 rings (SSSR count). The van der Waals surface area contributed by atoms with Crippen molar-refractivity contribution in [2.45, 2.75) is 18.9 Å². The molecule has 1 fully saturated rings. The van der Waals surface area contributed by atoms with E-state index in [9.17, 15) is 4.79 Å². The molecule has 3 aromatic rings. The average molecular weight is 376 g/mol. The summed E-state index contributed by atoms with van der Waals surface area (Å²) >= 11 is 0. The number of amides is 1. The molecule has 2 N–H and O–H groups in total. The van der Waals surface area contributed by atoms with Crippen LogP contribution >= 0.6 is 0 Å². The largest absolute Gasteiger partial charge is 0.491 e. The quantitative estimate of drug-likeness (QED) is 0.640. The van der Waals surface area contributed by atoms with Gasteiger partial charge in [-0.2, -0.15) is 0 Å². The van der Waals surface area contributed by atoms with Crippen LogP contribution in [0.2, 0.25) is 0 Å². The van der Waals surface area contributed by atoms with Crippen molar-refractivity contribution in [1.29, 1.82) is 0 Å². The van der Waals surface area contributed by atoms with Crippen LogP contribution in [0.4, 0.5) is 11.4 Å². The van der Waals surface area contributed by atoms with E-state index in [4.69, 9.17) is 9.47 Å². The van der Waals surface area contributed by atoms with E-state index in [0.29, 0.717) is 6.61 Å². The fourth-order valence-electron chi connectivity index (χ4n) is 3.36. The number of ether oxygens (including phenoxy) is 2. The Kier molecular flexibility index (Phi) is 5.73. The summed E-state index contributed by atoms with van der Waals surface area (Å²) in [6.45, 7) is 1.59. The summed E-state index contributed by atoms with van der Waals surface area (Å²) in [5.41, 5.74) is 1.69. The predicted molar refractivity (Wildman–Crippen MR) is 112 cm³/mol. The van der Waals surface area contributed by atoms with Crippen molar-refractivity contribution in [3.8, 4) is 5.75 Å². The lowest BCUT2D eigenvalue weighted by Gasteiger charge is -2.12. The lowest BCUT2D eigenvalue weighted by Crippen LogP contribution is -2.21. The van der Waals surface area contributed by atoms with Crippen molar-refractivity contribution in [2.75, 3.05) is 30.4 Å². The summed E-state index contributed by atoms with van der Waals surface area (Å²) in [5.74, 6) is 0.684. The number of rotatable bonds is 7. The Balaban J connectivity index is 1.28. The Morgan fingerprint density at radius 1 is 1.04 bits per heavy atom. The molecule has 0 spiro atoms. The first-order chi connectivity index (χ1) is 13.8.